The van der Waals surface area contributed by atoms with Crippen LogP contribution in [0.15, 0.2) is 60.8 Å². The molecule has 1 aromatic carbocycles. The van der Waals surface area contributed by atoms with Crippen LogP contribution in [0.25, 0.3) is 11.1 Å². The molecule has 2 aromatic heterocycles. The van der Waals surface area contributed by atoms with Crippen LogP contribution < -0.4 is 9.80 Å². The summed E-state index contributed by atoms with van der Waals surface area (Å²) in [5, 5.41) is 1.17. The van der Waals surface area contributed by atoms with Crippen molar-refractivity contribution in [3.8, 4) is 11.1 Å². The number of pyridine rings is 1. The molecular formula is C24H26N4O2S. The Morgan fingerprint density at radius 1 is 0.871 bits per heavy atom. The summed E-state index contributed by atoms with van der Waals surface area (Å²) >= 11 is 1.61. The molecule has 7 heteroatoms. The van der Waals surface area contributed by atoms with Crippen LogP contribution in [0.4, 0.5) is 10.8 Å². The highest BCUT2D eigenvalue weighted by Crippen LogP contribution is 2.40. The largest absolute Gasteiger partial charge is 0.378 e. The van der Waals surface area contributed by atoms with Crippen LogP contribution in [0.1, 0.15) is 9.67 Å². The smallest absolute Gasteiger partial charge is 0.264 e. The molecule has 2 aliphatic rings. The Hall–Kier alpha value is -2.90. The molecule has 0 atom stereocenters. The fourth-order valence-electron chi connectivity index (χ4n) is 4.15. The highest BCUT2D eigenvalue weighted by atomic mass is 32.1. The fourth-order valence-corrected chi connectivity index (χ4v) is 5.35. The van der Waals surface area contributed by atoms with Gasteiger partial charge in [-0.3, -0.25) is 4.79 Å². The normalized spacial score (nSPS) is 17.1. The molecule has 0 unspecified atom stereocenters. The van der Waals surface area contributed by atoms with E-state index in [4.69, 9.17) is 4.74 Å². The zero-order valence-corrected chi connectivity index (χ0v) is 18.3. The summed E-state index contributed by atoms with van der Waals surface area (Å²) in [5.41, 5.74) is 2.29. The summed E-state index contributed by atoms with van der Waals surface area (Å²) < 4.78 is 5.54. The minimum absolute atomic E-state index is 0.127. The SMILES string of the molecule is O=C(c1cc(-c2ccccc2)c(N2CCOCC2)s1)N1CCN(c2ccccn2)CC1. The van der Waals surface area contributed by atoms with Crippen molar-refractivity contribution in [3.63, 3.8) is 0 Å². The van der Waals surface area contributed by atoms with Gasteiger partial charge in [-0.1, -0.05) is 36.4 Å². The van der Waals surface area contributed by atoms with Gasteiger partial charge >= 0.3 is 0 Å². The van der Waals surface area contributed by atoms with E-state index >= 15 is 0 Å². The number of ether oxygens (including phenoxy) is 1. The molecule has 1 amide bonds. The number of benzene rings is 1. The van der Waals surface area contributed by atoms with E-state index in [1.54, 1.807) is 11.3 Å². The predicted molar refractivity (Wildman–Crippen MR) is 125 cm³/mol. The number of piperazine rings is 1. The highest BCUT2D eigenvalue weighted by Gasteiger charge is 2.27. The van der Waals surface area contributed by atoms with Crippen LogP contribution in [0.3, 0.4) is 0 Å². The summed E-state index contributed by atoms with van der Waals surface area (Å²) in [4.78, 5) is 25.2. The lowest BCUT2D eigenvalue weighted by Gasteiger charge is -2.35. The number of thiophene rings is 1. The molecule has 0 bridgehead atoms. The van der Waals surface area contributed by atoms with Crippen molar-refractivity contribution in [3.05, 3.63) is 65.7 Å². The van der Waals surface area contributed by atoms with Crippen molar-refractivity contribution in [2.75, 3.05) is 62.3 Å². The molecule has 2 fully saturated rings. The number of rotatable bonds is 4. The van der Waals surface area contributed by atoms with Crippen LogP contribution >= 0.6 is 11.3 Å². The minimum atomic E-state index is 0.127. The van der Waals surface area contributed by atoms with Gasteiger partial charge in [0, 0.05) is 51.0 Å². The first-order valence-electron chi connectivity index (χ1n) is 10.8. The summed E-state index contributed by atoms with van der Waals surface area (Å²) in [6.07, 6.45) is 1.82. The van der Waals surface area contributed by atoms with E-state index in [0.29, 0.717) is 13.1 Å². The molecule has 0 saturated carbocycles. The Morgan fingerprint density at radius 3 is 2.32 bits per heavy atom. The quantitative estimate of drug-likeness (QED) is 0.628. The average molecular weight is 435 g/mol. The van der Waals surface area contributed by atoms with Crippen LogP contribution in [0, 0.1) is 0 Å². The van der Waals surface area contributed by atoms with E-state index in [9.17, 15) is 4.79 Å². The molecule has 0 aliphatic carbocycles. The molecule has 2 saturated heterocycles. The van der Waals surface area contributed by atoms with Gasteiger partial charge in [0.1, 0.15) is 5.82 Å². The third kappa shape index (κ3) is 4.29. The number of hydrogen-bond donors (Lipinski definition) is 0. The van der Waals surface area contributed by atoms with Crippen LogP contribution in [0.5, 0.6) is 0 Å². The maximum absolute atomic E-state index is 13.4. The molecule has 160 valence electrons. The Kier molecular flexibility index (Phi) is 5.86. The maximum Gasteiger partial charge on any atom is 0.264 e. The van der Waals surface area contributed by atoms with E-state index in [1.165, 1.54) is 5.00 Å². The molecule has 0 radical (unpaired) electrons. The highest BCUT2D eigenvalue weighted by molar-refractivity contribution is 7.18. The van der Waals surface area contributed by atoms with Gasteiger partial charge in [-0.15, -0.1) is 11.3 Å². The molecular weight excluding hydrogens is 408 g/mol. The average Bonchev–Trinajstić information content (AvgIpc) is 3.31. The number of aromatic nitrogens is 1. The van der Waals surface area contributed by atoms with Gasteiger partial charge in [0.15, 0.2) is 0 Å². The van der Waals surface area contributed by atoms with E-state index in [-0.39, 0.29) is 5.91 Å². The van der Waals surface area contributed by atoms with Gasteiger partial charge < -0.3 is 19.4 Å². The molecule has 0 N–H and O–H groups in total. The zero-order chi connectivity index (χ0) is 21.0. The first-order valence-corrected chi connectivity index (χ1v) is 11.6. The second-order valence-electron chi connectivity index (χ2n) is 7.76. The van der Waals surface area contributed by atoms with E-state index < -0.39 is 0 Å². The monoisotopic (exact) mass is 434 g/mol. The lowest BCUT2D eigenvalue weighted by molar-refractivity contribution is 0.0751. The summed E-state index contributed by atoms with van der Waals surface area (Å²) in [7, 11) is 0. The van der Waals surface area contributed by atoms with Gasteiger partial charge in [0.2, 0.25) is 0 Å². The molecule has 3 aromatic rings. The number of morpholine rings is 1. The number of carbonyl (C=O) groups is 1. The van der Waals surface area contributed by atoms with Crippen molar-refractivity contribution in [1.82, 2.24) is 9.88 Å². The Labute approximate surface area is 186 Å². The molecule has 5 rings (SSSR count). The van der Waals surface area contributed by atoms with Gasteiger partial charge in [-0.05, 0) is 23.8 Å². The summed E-state index contributed by atoms with van der Waals surface area (Å²) in [6, 6.07) is 18.4. The van der Waals surface area contributed by atoms with Crippen LogP contribution in [-0.2, 0) is 4.74 Å². The van der Waals surface area contributed by atoms with Crippen molar-refractivity contribution < 1.29 is 9.53 Å². The third-order valence-corrected chi connectivity index (χ3v) is 7.03. The van der Waals surface area contributed by atoms with Gasteiger partial charge in [-0.2, -0.15) is 0 Å². The topological polar surface area (TPSA) is 48.9 Å². The summed E-state index contributed by atoms with van der Waals surface area (Å²) in [5.74, 6) is 1.11. The van der Waals surface area contributed by atoms with E-state index in [0.717, 1.165) is 61.2 Å². The van der Waals surface area contributed by atoms with Gasteiger partial charge in [0.05, 0.1) is 23.1 Å². The first kappa shape index (κ1) is 20.0. The fraction of sp³-hybridized carbons (Fsp3) is 0.333. The molecule has 4 heterocycles. The standard InChI is InChI=1S/C24H26N4O2S/c29-23(27-12-10-26(11-13-27)22-8-4-5-9-25-22)21-18-20(19-6-2-1-3-7-19)24(31-21)28-14-16-30-17-15-28/h1-9,18H,10-17H2. The number of hydrogen-bond acceptors (Lipinski definition) is 6. The molecule has 6 nitrogen and oxygen atoms in total. The van der Waals surface area contributed by atoms with E-state index in [2.05, 4.69) is 45.1 Å². The zero-order valence-electron chi connectivity index (χ0n) is 17.4. The van der Waals surface area contributed by atoms with Crippen molar-refractivity contribution in [1.29, 1.82) is 0 Å². The van der Waals surface area contributed by atoms with Crippen LogP contribution in [-0.4, -0.2) is 68.3 Å². The molecule has 31 heavy (non-hydrogen) atoms. The number of nitrogens with zero attached hydrogens (tertiary/aromatic N) is 4. The lowest BCUT2D eigenvalue weighted by atomic mass is 10.1. The maximum atomic E-state index is 13.4. The predicted octanol–water partition coefficient (Wildman–Crippen LogP) is 3.61. The Balaban J connectivity index is 1.36. The van der Waals surface area contributed by atoms with Gasteiger partial charge in [0.25, 0.3) is 5.91 Å². The van der Waals surface area contributed by atoms with E-state index in [1.807, 2.05) is 35.4 Å². The van der Waals surface area contributed by atoms with Crippen molar-refractivity contribution in [2.24, 2.45) is 0 Å². The minimum Gasteiger partial charge on any atom is -0.378 e. The number of amides is 1. The number of carbonyl (C=O) groups excluding carboxylic acids is 1. The second-order valence-corrected chi connectivity index (χ2v) is 8.79. The lowest BCUT2D eigenvalue weighted by Crippen LogP contribution is -2.48. The Bertz CT molecular complexity index is 1010. The van der Waals surface area contributed by atoms with Crippen molar-refractivity contribution >= 4 is 28.1 Å². The molecule has 0 spiro atoms. The van der Waals surface area contributed by atoms with Gasteiger partial charge in [-0.25, -0.2) is 4.98 Å². The Morgan fingerprint density at radius 2 is 1.61 bits per heavy atom. The van der Waals surface area contributed by atoms with Crippen LogP contribution in [0.2, 0.25) is 0 Å². The summed E-state index contributed by atoms with van der Waals surface area (Å²) in [6.45, 7) is 6.19. The van der Waals surface area contributed by atoms with Crippen molar-refractivity contribution in [2.45, 2.75) is 0 Å². The first-order chi connectivity index (χ1) is 15.3. The number of anilines is 2. The second kappa shape index (κ2) is 9.08. The molecule has 2 aliphatic heterocycles. The third-order valence-electron chi connectivity index (χ3n) is 5.85.